The third kappa shape index (κ3) is 6.52. The van der Waals surface area contributed by atoms with E-state index in [9.17, 15) is 9.59 Å². The van der Waals surface area contributed by atoms with Gasteiger partial charge in [-0.05, 0) is 6.42 Å². The topological polar surface area (TPSA) is 130 Å². The van der Waals surface area contributed by atoms with Crippen molar-refractivity contribution in [3.63, 3.8) is 0 Å². The Morgan fingerprint density at radius 2 is 1.50 bits per heavy atom. The van der Waals surface area contributed by atoms with Crippen molar-refractivity contribution in [2.75, 3.05) is 42.2 Å². The SMILES string of the molecule is CO[SiH](OC)O[Si]1(OC)O[Si](O)(CCCOC(C)=O)O[Si](OC)(OC)O1. The predicted molar refractivity (Wildman–Crippen MR) is 92.1 cm³/mol. The summed E-state index contributed by atoms with van der Waals surface area (Å²) < 4.78 is 53.6. The van der Waals surface area contributed by atoms with Gasteiger partial charge in [0.25, 0.3) is 0 Å². The van der Waals surface area contributed by atoms with Crippen LogP contribution in [0.3, 0.4) is 0 Å². The van der Waals surface area contributed by atoms with E-state index in [1.165, 1.54) is 42.5 Å². The molecule has 2 atom stereocenters. The van der Waals surface area contributed by atoms with E-state index >= 15 is 0 Å². The Kier molecular flexibility index (Phi) is 9.66. The molecule has 0 amide bonds. The Morgan fingerprint density at radius 3 is 1.96 bits per heavy atom. The molecule has 0 bridgehead atoms. The zero-order valence-electron chi connectivity index (χ0n) is 15.6. The molecular formula is C10H26O12Si4. The molecule has 0 spiro atoms. The molecule has 1 fully saturated rings. The molecule has 16 heteroatoms. The summed E-state index contributed by atoms with van der Waals surface area (Å²) in [7, 11) is -7.60. The van der Waals surface area contributed by atoms with Gasteiger partial charge in [-0.2, -0.15) is 0 Å². The molecule has 0 radical (unpaired) electrons. The van der Waals surface area contributed by atoms with E-state index in [4.69, 9.17) is 43.3 Å². The van der Waals surface area contributed by atoms with Crippen molar-refractivity contribution in [3.05, 3.63) is 0 Å². The van der Waals surface area contributed by atoms with Gasteiger partial charge in [0.15, 0.2) is 0 Å². The molecule has 0 aliphatic carbocycles. The van der Waals surface area contributed by atoms with Crippen LogP contribution in [0.1, 0.15) is 13.3 Å². The minimum absolute atomic E-state index is 0.0404. The van der Waals surface area contributed by atoms with E-state index in [0.717, 1.165) is 0 Å². The van der Waals surface area contributed by atoms with Crippen LogP contribution in [0.4, 0.5) is 0 Å². The van der Waals surface area contributed by atoms with Gasteiger partial charge in [-0.25, -0.2) is 0 Å². The molecule has 0 saturated carbocycles. The first-order valence-corrected chi connectivity index (χ1v) is 14.2. The fourth-order valence-electron chi connectivity index (χ4n) is 1.96. The van der Waals surface area contributed by atoms with Crippen LogP contribution in [0.2, 0.25) is 6.04 Å². The summed E-state index contributed by atoms with van der Waals surface area (Å²) in [5.74, 6) is -0.428. The summed E-state index contributed by atoms with van der Waals surface area (Å²) in [6, 6.07) is 0.0404. The predicted octanol–water partition coefficient (Wildman–Crippen LogP) is -1.23. The smallest absolute Gasteiger partial charge is 0.466 e. The largest absolute Gasteiger partial charge is 0.665 e. The molecule has 0 aromatic carbocycles. The van der Waals surface area contributed by atoms with E-state index in [2.05, 4.69) is 0 Å². The van der Waals surface area contributed by atoms with Crippen LogP contribution in [-0.2, 0) is 48.1 Å². The van der Waals surface area contributed by atoms with Crippen molar-refractivity contribution >= 4 is 42.4 Å². The zero-order valence-corrected chi connectivity index (χ0v) is 19.8. The second-order valence-corrected chi connectivity index (χ2v) is 15.0. The highest BCUT2D eigenvalue weighted by molar-refractivity contribution is 6.85. The Morgan fingerprint density at radius 1 is 0.962 bits per heavy atom. The highest BCUT2D eigenvalue weighted by Crippen LogP contribution is 2.34. The molecule has 1 rings (SSSR count). The molecule has 0 aromatic rings. The van der Waals surface area contributed by atoms with Crippen LogP contribution >= 0.6 is 0 Å². The zero-order chi connectivity index (χ0) is 19.8. The van der Waals surface area contributed by atoms with E-state index in [0.29, 0.717) is 0 Å². The number of ether oxygens (including phenoxy) is 1. The van der Waals surface area contributed by atoms with Gasteiger partial charge in [0.1, 0.15) is 0 Å². The van der Waals surface area contributed by atoms with Gasteiger partial charge in [-0.3, -0.25) is 4.79 Å². The standard InChI is InChI=1S/C10H26O12Si4/c1-10(11)18-8-7-9-24(12)20-25(15-4,16-5)22-26(17-6,21-24)19-23(13-2)14-3/h12,23H,7-9H2,1-6H3. The first-order valence-electron chi connectivity index (χ1n) is 7.56. The molecule has 0 aromatic heterocycles. The summed E-state index contributed by atoms with van der Waals surface area (Å²) in [4.78, 5) is 21.8. The van der Waals surface area contributed by atoms with Crippen molar-refractivity contribution < 1.29 is 52.9 Å². The lowest BCUT2D eigenvalue weighted by molar-refractivity contribution is -0.141. The lowest BCUT2D eigenvalue weighted by atomic mass is 10.5. The van der Waals surface area contributed by atoms with Gasteiger partial charge in [-0.1, -0.05) is 0 Å². The number of carbonyl (C=O) groups excluding carboxylic acids is 1. The monoisotopic (exact) mass is 450 g/mol. The molecular weight excluding hydrogens is 424 g/mol. The molecule has 1 saturated heterocycles. The summed E-state index contributed by atoms with van der Waals surface area (Å²) in [6.07, 6.45) is 0.282. The second-order valence-electron chi connectivity index (χ2n) is 4.95. The first kappa shape index (κ1) is 24.0. The van der Waals surface area contributed by atoms with Crippen molar-refractivity contribution in [2.45, 2.75) is 19.4 Å². The van der Waals surface area contributed by atoms with E-state index in [1.807, 2.05) is 0 Å². The summed E-state index contributed by atoms with van der Waals surface area (Å²) >= 11 is 0. The number of hydrogen-bond acceptors (Lipinski definition) is 12. The van der Waals surface area contributed by atoms with Gasteiger partial charge in [0, 0.05) is 48.5 Å². The van der Waals surface area contributed by atoms with Gasteiger partial charge in [0.05, 0.1) is 6.61 Å². The van der Waals surface area contributed by atoms with Crippen LogP contribution < -0.4 is 0 Å². The van der Waals surface area contributed by atoms with Gasteiger partial charge < -0.3 is 48.1 Å². The van der Waals surface area contributed by atoms with Crippen molar-refractivity contribution in [2.24, 2.45) is 0 Å². The Bertz CT molecular complexity index is 450. The minimum Gasteiger partial charge on any atom is -0.466 e. The van der Waals surface area contributed by atoms with Crippen LogP contribution in [0, 0.1) is 0 Å². The van der Waals surface area contributed by atoms with Gasteiger partial charge in [0.2, 0.25) is 0 Å². The van der Waals surface area contributed by atoms with E-state index in [-0.39, 0.29) is 19.1 Å². The lowest BCUT2D eigenvalue weighted by Crippen LogP contribution is -2.75. The highest BCUT2D eigenvalue weighted by atomic mass is 28.6. The fourth-order valence-corrected chi connectivity index (χ4v) is 15.0. The third-order valence-corrected chi connectivity index (χ3v) is 14.9. The van der Waals surface area contributed by atoms with Crippen molar-refractivity contribution in [1.82, 2.24) is 0 Å². The highest BCUT2D eigenvalue weighted by Gasteiger charge is 2.71. The van der Waals surface area contributed by atoms with Crippen LogP contribution in [0.15, 0.2) is 0 Å². The molecule has 2 unspecified atom stereocenters. The maximum absolute atomic E-state index is 10.9. The Hall–Kier alpha value is -0.0625. The average Bonchev–Trinajstić information content (AvgIpc) is 2.62. The van der Waals surface area contributed by atoms with Crippen molar-refractivity contribution in [1.29, 1.82) is 0 Å². The first-order chi connectivity index (χ1) is 12.2. The molecule has 1 N–H and O–H groups in total. The average molecular weight is 451 g/mol. The number of rotatable bonds is 11. The van der Waals surface area contributed by atoms with E-state index < -0.39 is 42.4 Å². The summed E-state index contributed by atoms with van der Waals surface area (Å²) in [6.45, 7) is 1.38. The molecule has 26 heavy (non-hydrogen) atoms. The maximum atomic E-state index is 10.9. The lowest BCUT2D eigenvalue weighted by Gasteiger charge is -2.44. The number of hydrogen-bond donors (Lipinski definition) is 1. The minimum atomic E-state index is -3.95. The third-order valence-electron chi connectivity index (χ3n) is 3.14. The Balaban J connectivity index is 3.01. The quantitative estimate of drug-likeness (QED) is 0.230. The van der Waals surface area contributed by atoms with Crippen LogP contribution in [0.25, 0.3) is 0 Å². The Labute approximate surface area is 157 Å². The second kappa shape index (κ2) is 10.5. The maximum Gasteiger partial charge on any atom is 0.665 e. The molecule has 1 heterocycles. The molecule has 1 aliphatic heterocycles. The summed E-state index contributed by atoms with van der Waals surface area (Å²) in [5.41, 5.74) is 0. The normalized spacial score (nSPS) is 28.3. The van der Waals surface area contributed by atoms with E-state index in [1.54, 1.807) is 0 Å². The van der Waals surface area contributed by atoms with Gasteiger partial charge in [-0.15, -0.1) is 0 Å². The molecule has 12 nitrogen and oxygen atoms in total. The summed E-state index contributed by atoms with van der Waals surface area (Å²) in [5, 5.41) is 0. The number of esters is 1. The van der Waals surface area contributed by atoms with Crippen LogP contribution in [0.5, 0.6) is 0 Å². The van der Waals surface area contributed by atoms with Crippen LogP contribution in [-0.4, -0.2) is 89.3 Å². The van der Waals surface area contributed by atoms with Gasteiger partial charge >= 0.3 is 42.4 Å². The number of carbonyl (C=O) groups is 1. The molecule has 154 valence electrons. The molecule has 1 aliphatic rings. The van der Waals surface area contributed by atoms with Crippen molar-refractivity contribution in [3.8, 4) is 0 Å². The fraction of sp³-hybridized carbons (Fsp3) is 0.900.